The predicted molar refractivity (Wildman–Crippen MR) is 109 cm³/mol. The van der Waals surface area contributed by atoms with Gasteiger partial charge in [0.25, 0.3) is 0 Å². The molecule has 1 saturated heterocycles. The van der Waals surface area contributed by atoms with Gasteiger partial charge in [-0.05, 0) is 35.9 Å². The Kier molecular flexibility index (Phi) is 5.60. The lowest BCUT2D eigenvalue weighted by Crippen LogP contribution is -2.47. The highest BCUT2D eigenvalue weighted by atomic mass is 19.1. The van der Waals surface area contributed by atoms with Gasteiger partial charge in [-0.1, -0.05) is 12.1 Å². The molecular weight excluding hydrogens is 371 g/mol. The molecule has 4 rings (SSSR count). The number of piperazine rings is 1. The van der Waals surface area contributed by atoms with E-state index in [9.17, 15) is 9.18 Å². The highest BCUT2D eigenvalue weighted by Gasteiger charge is 2.19. The number of hydrogen-bond donors (Lipinski definition) is 1. The van der Waals surface area contributed by atoms with Crippen molar-refractivity contribution < 1.29 is 9.18 Å². The Morgan fingerprint density at radius 2 is 1.62 bits per heavy atom. The van der Waals surface area contributed by atoms with Crippen molar-refractivity contribution in [3.63, 3.8) is 0 Å². The zero-order valence-electron chi connectivity index (χ0n) is 15.8. The minimum atomic E-state index is -0.316. The Balaban J connectivity index is 1.30. The molecule has 0 radical (unpaired) electrons. The van der Waals surface area contributed by atoms with Crippen LogP contribution in [-0.4, -0.2) is 47.0 Å². The molecule has 7 nitrogen and oxygen atoms in total. The summed E-state index contributed by atoms with van der Waals surface area (Å²) in [5, 5.41) is 2.78. The van der Waals surface area contributed by atoms with Crippen LogP contribution in [0.25, 0.3) is 0 Å². The number of nitrogens with one attached hydrogen (secondary N) is 1. The number of carbonyl (C=O) groups is 1. The molecule has 1 amide bonds. The van der Waals surface area contributed by atoms with Gasteiger partial charge >= 0.3 is 0 Å². The summed E-state index contributed by atoms with van der Waals surface area (Å²) in [7, 11) is 0. The van der Waals surface area contributed by atoms with Crippen molar-refractivity contribution >= 4 is 23.4 Å². The van der Waals surface area contributed by atoms with Gasteiger partial charge in [0.1, 0.15) is 11.6 Å². The summed E-state index contributed by atoms with van der Waals surface area (Å²) in [6.45, 7) is 3.35. The zero-order valence-corrected chi connectivity index (χ0v) is 15.8. The molecule has 0 bridgehead atoms. The summed E-state index contributed by atoms with van der Waals surface area (Å²) < 4.78 is 12.9. The van der Waals surface area contributed by atoms with E-state index >= 15 is 0 Å². The fraction of sp³-hybridized carbons (Fsp3) is 0.238. The zero-order chi connectivity index (χ0) is 20.1. The maximum atomic E-state index is 12.9. The summed E-state index contributed by atoms with van der Waals surface area (Å²) in [6, 6.07) is 11.5. The molecule has 2 aromatic heterocycles. The highest BCUT2D eigenvalue weighted by molar-refractivity contribution is 5.91. The molecule has 0 atom stereocenters. The van der Waals surface area contributed by atoms with Crippen LogP contribution in [0.3, 0.4) is 0 Å². The van der Waals surface area contributed by atoms with Crippen molar-refractivity contribution in [3.8, 4) is 0 Å². The van der Waals surface area contributed by atoms with Crippen molar-refractivity contribution in [3.05, 3.63) is 72.4 Å². The van der Waals surface area contributed by atoms with Gasteiger partial charge in [0.2, 0.25) is 11.9 Å². The summed E-state index contributed by atoms with van der Waals surface area (Å²) >= 11 is 0. The van der Waals surface area contributed by atoms with Crippen LogP contribution in [0.1, 0.15) is 5.56 Å². The summed E-state index contributed by atoms with van der Waals surface area (Å²) in [5.74, 6) is 0.749. The number of nitrogens with zero attached hydrogens (tertiary/aromatic N) is 5. The van der Waals surface area contributed by atoms with Crippen LogP contribution in [0.5, 0.6) is 0 Å². The van der Waals surface area contributed by atoms with Crippen LogP contribution in [0, 0.1) is 5.82 Å². The molecule has 0 saturated carbocycles. The predicted octanol–water partition coefficient (Wildman–Crippen LogP) is 2.52. The Hall–Kier alpha value is -3.55. The molecule has 0 spiro atoms. The minimum Gasteiger partial charge on any atom is -0.367 e. The number of halogens is 1. The second kappa shape index (κ2) is 8.64. The van der Waals surface area contributed by atoms with Gasteiger partial charge in [-0.2, -0.15) is 0 Å². The lowest BCUT2D eigenvalue weighted by Gasteiger charge is -2.35. The molecule has 148 valence electrons. The summed E-state index contributed by atoms with van der Waals surface area (Å²) in [4.78, 5) is 29.5. The number of pyridine rings is 1. The number of anilines is 3. The van der Waals surface area contributed by atoms with Crippen LogP contribution in [0.15, 0.2) is 61.1 Å². The van der Waals surface area contributed by atoms with E-state index in [2.05, 4.69) is 30.1 Å². The largest absolute Gasteiger partial charge is 0.367 e. The topological polar surface area (TPSA) is 74.2 Å². The van der Waals surface area contributed by atoms with Gasteiger partial charge in [0, 0.05) is 38.6 Å². The smallest absolute Gasteiger partial charge is 0.229 e. The molecule has 1 aliphatic rings. The molecule has 1 aliphatic heterocycles. The minimum absolute atomic E-state index is 0.174. The first-order valence-corrected chi connectivity index (χ1v) is 9.45. The van der Waals surface area contributed by atoms with Crippen LogP contribution >= 0.6 is 0 Å². The number of rotatable bonds is 5. The Labute approximate surface area is 168 Å². The Morgan fingerprint density at radius 1 is 0.931 bits per heavy atom. The third kappa shape index (κ3) is 4.84. The van der Waals surface area contributed by atoms with Gasteiger partial charge < -0.3 is 15.1 Å². The van der Waals surface area contributed by atoms with E-state index < -0.39 is 0 Å². The van der Waals surface area contributed by atoms with Crippen molar-refractivity contribution in [2.75, 3.05) is 41.3 Å². The number of hydrogen-bond acceptors (Lipinski definition) is 6. The monoisotopic (exact) mass is 392 g/mol. The summed E-state index contributed by atoms with van der Waals surface area (Å²) in [5.41, 5.74) is 1.76. The SMILES string of the molecule is O=C(Cc1ccc(F)cc1)Nc1ccc(N2CCN(c3ncccn3)CC2)cn1. The first-order valence-electron chi connectivity index (χ1n) is 9.45. The number of benzene rings is 1. The Morgan fingerprint density at radius 3 is 2.28 bits per heavy atom. The van der Waals surface area contributed by atoms with Gasteiger partial charge in [-0.3, -0.25) is 4.79 Å². The highest BCUT2D eigenvalue weighted by Crippen LogP contribution is 2.19. The molecule has 0 aliphatic carbocycles. The van der Waals surface area contributed by atoms with Crippen molar-refractivity contribution in [2.45, 2.75) is 6.42 Å². The van der Waals surface area contributed by atoms with Gasteiger partial charge in [-0.25, -0.2) is 19.3 Å². The first kappa shape index (κ1) is 18.8. The first-order chi connectivity index (χ1) is 14.2. The number of carbonyl (C=O) groups excluding carboxylic acids is 1. The number of amides is 1. The fourth-order valence-electron chi connectivity index (χ4n) is 3.24. The third-order valence-corrected chi connectivity index (χ3v) is 4.77. The average molecular weight is 392 g/mol. The molecule has 3 heterocycles. The van der Waals surface area contributed by atoms with Crippen LogP contribution in [-0.2, 0) is 11.2 Å². The molecular formula is C21H21FN6O. The van der Waals surface area contributed by atoms with E-state index in [1.165, 1.54) is 12.1 Å². The second-order valence-electron chi connectivity index (χ2n) is 6.78. The van der Waals surface area contributed by atoms with Crippen LogP contribution in [0.4, 0.5) is 21.8 Å². The van der Waals surface area contributed by atoms with E-state index in [4.69, 9.17) is 0 Å². The van der Waals surface area contributed by atoms with Gasteiger partial charge in [0.05, 0.1) is 18.3 Å². The molecule has 0 unspecified atom stereocenters. The van der Waals surface area contributed by atoms with Crippen molar-refractivity contribution in [1.29, 1.82) is 0 Å². The fourth-order valence-corrected chi connectivity index (χ4v) is 3.24. The lowest BCUT2D eigenvalue weighted by molar-refractivity contribution is -0.115. The second-order valence-corrected chi connectivity index (χ2v) is 6.78. The standard InChI is InChI=1S/C21H21FN6O/c22-17-4-2-16(3-5-17)14-20(29)26-19-7-6-18(15-25-19)27-10-12-28(13-11-27)21-23-8-1-9-24-21/h1-9,15H,10-14H2,(H,25,26,29). The molecule has 1 fully saturated rings. The van der Waals surface area contributed by atoms with E-state index in [-0.39, 0.29) is 18.1 Å². The lowest BCUT2D eigenvalue weighted by atomic mass is 10.1. The maximum absolute atomic E-state index is 12.9. The van der Waals surface area contributed by atoms with Crippen LogP contribution < -0.4 is 15.1 Å². The van der Waals surface area contributed by atoms with E-state index in [0.717, 1.165) is 43.4 Å². The van der Waals surface area contributed by atoms with E-state index in [1.807, 2.05) is 12.1 Å². The molecule has 1 aromatic carbocycles. The third-order valence-electron chi connectivity index (χ3n) is 4.77. The molecule has 1 N–H and O–H groups in total. The number of aromatic nitrogens is 3. The molecule has 8 heteroatoms. The van der Waals surface area contributed by atoms with E-state index in [0.29, 0.717) is 5.82 Å². The van der Waals surface area contributed by atoms with Crippen molar-refractivity contribution in [1.82, 2.24) is 15.0 Å². The molecule has 29 heavy (non-hydrogen) atoms. The van der Waals surface area contributed by atoms with Crippen molar-refractivity contribution in [2.24, 2.45) is 0 Å². The van der Waals surface area contributed by atoms with Crippen LogP contribution in [0.2, 0.25) is 0 Å². The normalized spacial score (nSPS) is 14.0. The average Bonchev–Trinajstić information content (AvgIpc) is 2.77. The Bertz CT molecular complexity index is 941. The quantitative estimate of drug-likeness (QED) is 0.719. The maximum Gasteiger partial charge on any atom is 0.229 e. The molecule has 3 aromatic rings. The van der Waals surface area contributed by atoms with Gasteiger partial charge in [0.15, 0.2) is 0 Å². The van der Waals surface area contributed by atoms with Gasteiger partial charge in [-0.15, -0.1) is 0 Å². The summed E-state index contributed by atoms with van der Waals surface area (Å²) in [6.07, 6.45) is 5.44. The van der Waals surface area contributed by atoms with E-state index in [1.54, 1.807) is 36.8 Å².